The molecule has 2 atom stereocenters. The van der Waals surface area contributed by atoms with Crippen LogP contribution in [-0.4, -0.2) is 16.7 Å². The van der Waals surface area contributed by atoms with E-state index in [-0.39, 0.29) is 17.3 Å². The fraction of sp³-hybridized carbons (Fsp3) is 0.500. The van der Waals surface area contributed by atoms with Gasteiger partial charge in [-0.15, -0.1) is 0 Å². The van der Waals surface area contributed by atoms with Crippen LogP contribution in [0.25, 0.3) is 5.57 Å². The molecule has 0 aromatic heterocycles. The van der Waals surface area contributed by atoms with Gasteiger partial charge in [0, 0.05) is 11.1 Å². The zero-order valence-electron chi connectivity index (χ0n) is 29.1. The van der Waals surface area contributed by atoms with E-state index >= 15 is 0 Å². The molecular formula is C42H56O4. The highest BCUT2D eigenvalue weighted by atomic mass is 16.5. The molecule has 0 fully saturated rings. The number of esters is 1. The molecule has 3 aromatic rings. The minimum atomic E-state index is -0.495. The van der Waals surface area contributed by atoms with Crippen molar-refractivity contribution in [3.05, 3.63) is 94.6 Å². The van der Waals surface area contributed by atoms with Crippen molar-refractivity contribution in [2.75, 3.05) is 0 Å². The summed E-state index contributed by atoms with van der Waals surface area (Å²) in [5.74, 6) is 0.237. The van der Waals surface area contributed by atoms with Gasteiger partial charge in [0.15, 0.2) is 11.5 Å². The van der Waals surface area contributed by atoms with E-state index in [1.54, 1.807) is 6.92 Å². The standard InChI is InChI=1S/C42H56O4/c1-7-8-9-10-11-12-13-14-15-16-20-27-42(6)28-26-37-32(4)39(33(5)38(43)40(37)46-42)45-41(44)31(3)36-25-21-24-35(29-36)30(2)34-22-18-17-19-23-34/h17-19,21-25,29,31,43H,2,7-16,20,26-28H2,1,3-6H3/t31?,42-/m1/s1. The maximum Gasteiger partial charge on any atom is 0.318 e. The third kappa shape index (κ3) is 9.05. The van der Waals surface area contributed by atoms with Crippen LogP contribution in [0, 0.1) is 13.8 Å². The van der Waals surface area contributed by atoms with Crippen LogP contribution < -0.4 is 9.47 Å². The van der Waals surface area contributed by atoms with E-state index in [0.29, 0.717) is 17.1 Å². The van der Waals surface area contributed by atoms with E-state index in [1.165, 1.54) is 64.2 Å². The first kappa shape index (κ1) is 35.3. The topological polar surface area (TPSA) is 55.8 Å². The number of phenols is 1. The molecule has 0 radical (unpaired) electrons. The highest BCUT2D eigenvalue weighted by Crippen LogP contribution is 2.49. The molecule has 0 saturated heterocycles. The maximum absolute atomic E-state index is 13.5. The second-order valence-electron chi connectivity index (χ2n) is 13.7. The molecule has 1 aliphatic rings. The van der Waals surface area contributed by atoms with Crippen molar-refractivity contribution >= 4 is 11.5 Å². The average molecular weight is 625 g/mol. The van der Waals surface area contributed by atoms with Gasteiger partial charge in [-0.05, 0) is 81.2 Å². The molecule has 4 heteroatoms. The van der Waals surface area contributed by atoms with Gasteiger partial charge in [-0.2, -0.15) is 0 Å². The van der Waals surface area contributed by atoms with E-state index in [9.17, 15) is 9.90 Å². The Balaban J connectivity index is 1.34. The Bertz CT molecular complexity index is 1460. The predicted octanol–water partition coefficient (Wildman–Crippen LogP) is 11.6. The number of unbranched alkanes of at least 4 members (excludes halogenated alkanes) is 10. The van der Waals surface area contributed by atoms with Gasteiger partial charge in [-0.25, -0.2) is 0 Å². The lowest BCUT2D eigenvalue weighted by Crippen LogP contribution is -2.36. The van der Waals surface area contributed by atoms with Crippen molar-refractivity contribution in [2.45, 2.75) is 136 Å². The Morgan fingerprint density at radius 2 is 1.50 bits per heavy atom. The average Bonchev–Trinajstić information content (AvgIpc) is 3.07. The second-order valence-corrected chi connectivity index (χ2v) is 13.7. The van der Waals surface area contributed by atoms with Crippen molar-refractivity contribution in [1.82, 2.24) is 0 Å². The van der Waals surface area contributed by atoms with Crippen molar-refractivity contribution < 1.29 is 19.4 Å². The van der Waals surface area contributed by atoms with Crippen molar-refractivity contribution in [3.63, 3.8) is 0 Å². The number of aromatic hydroxyl groups is 1. The lowest BCUT2D eigenvalue weighted by atomic mass is 9.85. The first-order valence-electron chi connectivity index (χ1n) is 17.8. The molecule has 0 spiro atoms. The summed E-state index contributed by atoms with van der Waals surface area (Å²) in [5, 5.41) is 11.3. The number of rotatable bonds is 17. The SMILES string of the molecule is C=C(c1ccccc1)c1cccc(C(C)C(=O)Oc2c(C)c(O)c3c(c2C)CC[C@@](C)(CCCCCCCCCCCCC)O3)c1. The number of phenolic OH excluding ortho intramolecular Hbond substituents is 1. The molecule has 46 heavy (non-hydrogen) atoms. The smallest absolute Gasteiger partial charge is 0.318 e. The van der Waals surface area contributed by atoms with Crippen LogP contribution in [0.2, 0.25) is 0 Å². The van der Waals surface area contributed by atoms with E-state index in [4.69, 9.17) is 9.47 Å². The molecule has 0 saturated carbocycles. The Hall–Kier alpha value is -3.53. The quantitative estimate of drug-likeness (QED) is 0.0922. The minimum absolute atomic E-state index is 0.0853. The summed E-state index contributed by atoms with van der Waals surface area (Å²) in [6.07, 6.45) is 17.2. The van der Waals surface area contributed by atoms with E-state index in [2.05, 4.69) is 20.4 Å². The Labute approximate surface area is 278 Å². The summed E-state index contributed by atoms with van der Waals surface area (Å²) in [6.45, 7) is 14.4. The number of benzene rings is 3. The van der Waals surface area contributed by atoms with Gasteiger partial charge in [0.1, 0.15) is 11.4 Å². The highest BCUT2D eigenvalue weighted by molar-refractivity contribution is 5.83. The first-order chi connectivity index (χ1) is 22.1. The van der Waals surface area contributed by atoms with Crippen molar-refractivity contribution in [1.29, 1.82) is 0 Å². The molecule has 1 aliphatic heterocycles. The molecule has 0 aliphatic carbocycles. The van der Waals surface area contributed by atoms with Gasteiger partial charge >= 0.3 is 5.97 Å². The molecular weight excluding hydrogens is 568 g/mol. The molecule has 1 heterocycles. The molecule has 248 valence electrons. The molecule has 0 bridgehead atoms. The van der Waals surface area contributed by atoms with E-state index in [1.807, 2.05) is 68.4 Å². The van der Waals surface area contributed by atoms with Gasteiger partial charge in [0.25, 0.3) is 0 Å². The van der Waals surface area contributed by atoms with E-state index < -0.39 is 5.92 Å². The van der Waals surface area contributed by atoms with Gasteiger partial charge < -0.3 is 14.6 Å². The van der Waals surface area contributed by atoms with Crippen LogP contribution in [0.4, 0.5) is 0 Å². The third-order valence-electron chi connectivity index (χ3n) is 9.95. The summed E-state index contributed by atoms with van der Waals surface area (Å²) < 4.78 is 12.6. The van der Waals surface area contributed by atoms with Crippen LogP contribution in [0.15, 0.2) is 61.2 Å². The first-order valence-corrected chi connectivity index (χ1v) is 17.8. The molecule has 4 rings (SSSR count). The van der Waals surface area contributed by atoms with E-state index in [0.717, 1.165) is 59.1 Å². The number of ether oxygens (including phenoxy) is 2. The largest absolute Gasteiger partial charge is 0.504 e. The van der Waals surface area contributed by atoms with Gasteiger partial charge in [-0.3, -0.25) is 4.79 Å². The fourth-order valence-electron chi connectivity index (χ4n) is 6.73. The van der Waals surface area contributed by atoms with Gasteiger partial charge in [-0.1, -0.05) is 132 Å². The molecule has 1 N–H and O–H groups in total. The fourth-order valence-corrected chi connectivity index (χ4v) is 6.73. The Kier molecular flexibility index (Phi) is 12.9. The number of fused-ring (bicyclic) bond motifs is 1. The third-order valence-corrected chi connectivity index (χ3v) is 9.95. The molecule has 1 unspecified atom stereocenters. The van der Waals surface area contributed by atoms with Crippen LogP contribution >= 0.6 is 0 Å². The summed E-state index contributed by atoms with van der Waals surface area (Å²) >= 11 is 0. The Morgan fingerprint density at radius 3 is 2.15 bits per heavy atom. The maximum atomic E-state index is 13.5. The van der Waals surface area contributed by atoms with Crippen LogP contribution in [0.5, 0.6) is 17.2 Å². The van der Waals surface area contributed by atoms with Crippen molar-refractivity contribution in [2.24, 2.45) is 0 Å². The van der Waals surface area contributed by atoms with Gasteiger partial charge in [0.05, 0.1) is 5.92 Å². The summed E-state index contributed by atoms with van der Waals surface area (Å²) in [6, 6.07) is 18.0. The summed E-state index contributed by atoms with van der Waals surface area (Å²) in [5.41, 5.74) is 5.83. The zero-order chi connectivity index (χ0) is 33.1. The number of carbonyl (C=O) groups is 1. The number of hydrogen-bond acceptors (Lipinski definition) is 4. The lowest BCUT2D eigenvalue weighted by Gasteiger charge is -2.37. The minimum Gasteiger partial charge on any atom is -0.504 e. The zero-order valence-corrected chi connectivity index (χ0v) is 29.1. The number of carbonyl (C=O) groups excluding carboxylic acids is 1. The Morgan fingerprint density at radius 1 is 0.891 bits per heavy atom. The lowest BCUT2D eigenvalue weighted by molar-refractivity contribution is -0.135. The second kappa shape index (κ2) is 16.9. The summed E-state index contributed by atoms with van der Waals surface area (Å²) in [7, 11) is 0. The summed E-state index contributed by atoms with van der Waals surface area (Å²) in [4.78, 5) is 13.5. The normalized spacial score (nSPS) is 16.4. The molecule has 3 aromatic carbocycles. The monoisotopic (exact) mass is 624 g/mol. The van der Waals surface area contributed by atoms with Crippen LogP contribution in [0.1, 0.15) is 144 Å². The van der Waals surface area contributed by atoms with Crippen LogP contribution in [0.3, 0.4) is 0 Å². The predicted molar refractivity (Wildman–Crippen MR) is 191 cm³/mol. The van der Waals surface area contributed by atoms with Gasteiger partial charge in [0.2, 0.25) is 0 Å². The van der Waals surface area contributed by atoms with Crippen LogP contribution in [-0.2, 0) is 11.2 Å². The van der Waals surface area contributed by atoms with Crippen molar-refractivity contribution in [3.8, 4) is 17.2 Å². The molecule has 0 amide bonds. The molecule has 4 nitrogen and oxygen atoms in total. The number of hydrogen-bond donors (Lipinski definition) is 1. The highest BCUT2D eigenvalue weighted by Gasteiger charge is 2.36.